The van der Waals surface area contributed by atoms with Gasteiger partial charge in [-0.15, -0.1) is 0 Å². The summed E-state index contributed by atoms with van der Waals surface area (Å²) in [5.41, 5.74) is 8.22. The van der Waals surface area contributed by atoms with Crippen LogP contribution < -0.4 is 10.5 Å². The van der Waals surface area contributed by atoms with Crippen LogP contribution in [0.15, 0.2) is 30.5 Å². The van der Waals surface area contributed by atoms with E-state index in [1.54, 1.807) is 10.9 Å². The van der Waals surface area contributed by atoms with Crippen molar-refractivity contribution in [3.63, 3.8) is 0 Å². The quantitative estimate of drug-likeness (QED) is 0.509. The van der Waals surface area contributed by atoms with E-state index in [1.807, 2.05) is 24.3 Å². The second-order valence-electron chi connectivity index (χ2n) is 5.96. The SMILES string of the molecule is COP(=O)(Cc1cccc(Cn2ncc3c(N)nc(OCCO)nc32)c1)OC. The van der Waals surface area contributed by atoms with Crippen LogP contribution >= 0.6 is 7.60 Å². The van der Waals surface area contributed by atoms with Gasteiger partial charge in [0.25, 0.3) is 0 Å². The van der Waals surface area contributed by atoms with E-state index in [0.29, 0.717) is 17.6 Å². The Labute approximate surface area is 161 Å². The normalized spacial score (nSPS) is 11.8. The Morgan fingerprint density at radius 1 is 1.21 bits per heavy atom. The molecule has 1 aromatic carbocycles. The van der Waals surface area contributed by atoms with Crippen LogP contribution in [-0.2, 0) is 26.3 Å². The molecule has 0 spiro atoms. The average Bonchev–Trinajstić information content (AvgIpc) is 3.10. The summed E-state index contributed by atoms with van der Waals surface area (Å²) in [7, 11) is -0.422. The van der Waals surface area contributed by atoms with Crippen molar-refractivity contribution in [2.24, 2.45) is 0 Å². The Balaban J connectivity index is 1.87. The highest BCUT2D eigenvalue weighted by Gasteiger charge is 2.21. The smallest absolute Gasteiger partial charge is 0.334 e. The molecule has 0 radical (unpaired) electrons. The van der Waals surface area contributed by atoms with Crippen molar-refractivity contribution in [2.45, 2.75) is 12.7 Å². The molecule has 3 aromatic rings. The molecule has 10 nitrogen and oxygen atoms in total. The topological polar surface area (TPSA) is 135 Å². The summed E-state index contributed by atoms with van der Waals surface area (Å²) in [6.07, 6.45) is 1.76. The number of aliphatic hydroxyl groups is 1. The van der Waals surface area contributed by atoms with Gasteiger partial charge in [-0.25, -0.2) is 4.68 Å². The first-order valence-electron chi connectivity index (χ1n) is 8.49. The van der Waals surface area contributed by atoms with E-state index in [0.717, 1.165) is 11.1 Å². The molecule has 3 rings (SSSR count). The average molecular weight is 407 g/mol. The van der Waals surface area contributed by atoms with Gasteiger partial charge in [-0.2, -0.15) is 15.1 Å². The lowest BCUT2D eigenvalue weighted by molar-refractivity contribution is 0.192. The number of anilines is 1. The van der Waals surface area contributed by atoms with Crippen molar-refractivity contribution in [1.82, 2.24) is 19.7 Å². The van der Waals surface area contributed by atoms with Crippen molar-refractivity contribution >= 4 is 24.4 Å². The number of ether oxygens (including phenoxy) is 1. The Morgan fingerprint density at radius 3 is 2.68 bits per heavy atom. The molecule has 2 aromatic heterocycles. The van der Waals surface area contributed by atoms with E-state index < -0.39 is 7.60 Å². The summed E-state index contributed by atoms with van der Waals surface area (Å²) in [5, 5.41) is 13.8. The number of hydrogen-bond acceptors (Lipinski definition) is 9. The number of nitrogen functional groups attached to an aromatic ring is 1. The molecule has 2 heterocycles. The second-order valence-corrected chi connectivity index (χ2v) is 8.23. The zero-order valence-electron chi connectivity index (χ0n) is 15.6. The monoisotopic (exact) mass is 407 g/mol. The number of nitrogens with zero attached hydrogens (tertiary/aromatic N) is 4. The number of nitrogens with two attached hydrogens (primary N) is 1. The molecule has 11 heteroatoms. The molecule has 0 unspecified atom stereocenters. The fourth-order valence-electron chi connectivity index (χ4n) is 2.70. The lowest BCUT2D eigenvalue weighted by Crippen LogP contribution is -2.08. The van der Waals surface area contributed by atoms with Crippen molar-refractivity contribution < 1.29 is 23.5 Å². The fourth-order valence-corrected chi connectivity index (χ4v) is 3.75. The molecule has 0 aliphatic rings. The number of aromatic nitrogens is 4. The first-order valence-corrected chi connectivity index (χ1v) is 10.2. The maximum Gasteiger partial charge on any atom is 0.334 e. The summed E-state index contributed by atoms with van der Waals surface area (Å²) in [5.74, 6) is 0.249. The molecule has 0 aliphatic heterocycles. The minimum atomic E-state index is -3.15. The number of fused-ring (bicyclic) bond motifs is 1. The Kier molecular flexibility index (Phi) is 6.25. The van der Waals surface area contributed by atoms with Gasteiger partial charge in [-0.3, -0.25) is 4.57 Å². The molecule has 0 bridgehead atoms. The van der Waals surface area contributed by atoms with E-state index >= 15 is 0 Å². The molecule has 28 heavy (non-hydrogen) atoms. The van der Waals surface area contributed by atoms with Crippen LogP contribution in [0, 0.1) is 0 Å². The van der Waals surface area contributed by atoms with Gasteiger partial charge in [0.05, 0.1) is 30.9 Å². The summed E-state index contributed by atoms with van der Waals surface area (Å²) in [6.45, 7) is 0.331. The lowest BCUT2D eigenvalue weighted by Gasteiger charge is -2.14. The van der Waals surface area contributed by atoms with Gasteiger partial charge < -0.3 is 24.6 Å². The Morgan fingerprint density at radius 2 is 1.96 bits per heavy atom. The first-order chi connectivity index (χ1) is 13.5. The van der Waals surface area contributed by atoms with Crippen LogP contribution in [0.5, 0.6) is 6.01 Å². The predicted octanol–water partition coefficient (Wildman–Crippen LogP) is 1.81. The van der Waals surface area contributed by atoms with Crippen molar-refractivity contribution in [3.05, 3.63) is 41.6 Å². The third kappa shape index (κ3) is 4.48. The van der Waals surface area contributed by atoms with Crippen LogP contribution in [0.25, 0.3) is 11.0 Å². The lowest BCUT2D eigenvalue weighted by atomic mass is 10.1. The molecule has 0 saturated carbocycles. The molecule has 0 fully saturated rings. The number of aliphatic hydroxyl groups excluding tert-OH is 1. The fraction of sp³-hybridized carbons (Fsp3) is 0.353. The van der Waals surface area contributed by atoms with Crippen molar-refractivity contribution in [3.8, 4) is 6.01 Å². The van der Waals surface area contributed by atoms with E-state index in [2.05, 4.69) is 15.1 Å². The zero-order valence-corrected chi connectivity index (χ0v) is 16.5. The summed E-state index contributed by atoms with van der Waals surface area (Å²) in [6, 6.07) is 7.64. The van der Waals surface area contributed by atoms with E-state index in [4.69, 9.17) is 24.6 Å². The van der Waals surface area contributed by atoms with Crippen LogP contribution in [0.3, 0.4) is 0 Å². The molecule has 0 aliphatic carbocycles. The molecule has 0 saturated heterocycles. The second kappa shape index (κ2) is 8.66. The number of hydrogen-bond donors (Lipinski definition) is 2. The van der Waals surface area contributed by atoms with Gasteiger partial charge in [0.15, 0.2) is 5.65 Å². The summed E-state index contributed by atoms with van der Waals surface area (Å²) < 4.78 is 29.3. The highest BCUT2D eigenvalue weighted by Crippen LogP contribution is 2.49. The molecular weight excluding hydrogens is 385 g/mol. The van der Waals surface area contributed by atoms with Gasteiger partial charge in [-0.05, 0) is 11.1 Å². The summed E-state index contributed by atoms with van der Waals surface area (Å²) >= 11 is 0. The standard InChI is InChI=1S/C17H22N5O5P/c1-25-28(24,26-2)11-13-5-3-4-12(8-13)10-22-16-14(9-19-22)15(18)20-17(21-16)27-7-6-23/h3-5,8-9,23H,6-7,10-11H2,1-2H3,(H2,18,20,21). The number of benzene rings is 1. The zero-order chi connectivity index (χ0) is 20.1. The molecular formula is C17H22N5O5P. The molecule has 150 valence electrons. The van der Waals surface area contributed by atoms with Crippen LogP contribution in [0.4, 0.5) is 5.82 Å². The van der Waals surface area contributed by atoms with Gasteiger partial charge in [0, 0.05) is 14.2 Å². The van der Waals surface area contributed by atoms with Crippen molar-refractivity contribution in [2.75, 3.05) is 33.2 Å². The van der Waals surface area contributed by atoms with Gasteiger partial charge >= 0.3 is 13.6 Å². The molecule has 3 N–H and O–H groups in total. The highest BCUT2D eigenvalue weighted by molar-refractivity contribution is 7.52. The van der Waals surface area contributed by atoms with Gasteiger partial charge in [0.1, 0.15) is 12.4 Å². The Hall–Kier alpha value is -2.52. The maximum atomic E-state index is 12.4. The van der Waals surface area contributed by atoms with Crippen LogP contribution in [-0.4, -0.2) is 52.3 Å². The maximum absolute atomic E-state index is 12.4. The summed E-state index contributed by atoms with van der Waals surface area (Å²) in [4.78, 5) is 8.38. The minimum Gasteiger partial charge on any atom is -0.461 e. The largest absolute Gasteiger partial charge is 0.461 e. The minimum absolute atomic E-state index is 0.0696. The predicted molar refractivity (Wildman–Crippen MR) is 103 cm³/mol. The third-order valence-corrected chi connectivity index (χ3v) is 5.95. The van der Waals surface area contributed by atoms with E-state index in [-0.39, 0.29) is 31.2 Å². The van der Waals surface area contributed by atoms with E-state index in [1.165, 1.54) is 14.2 Å². The molecule has 0 amide bonds. The first kappa shape index (κ1) is 20.2. The van der Waals surface area contributed by atoms with E-state index in [9.17, 15) is 4.57 Å². The Bertz CT molecular complexity index is 1000. The third-order valence-electron chi connectivity index (χ3n) is 4.08. The number of rotatable bonds is 9. The molecule has 0 atom stereocenters. The highest BCUT2D eigenvalue weighted by atomic mass is 31.2. The van der Waals surface area contributed by atoms with Gasteiger partial charge in [0.2, 0.25) is 0 Å². The van der Waals surface area contributed by atoms with Crippen LogP contribution in [0.1, 0.15) is 11.1 Å². The van der Waals surface area contributed by atoms with Crippen molar-refractivity contribution in [1.29, 1.82) is 0 Å². The van der Waals surface area contributed by atoms with Crippen LogP contribution in [0.2, 0.25) is 0 Å². The van der Waals surface area contributed by atoms with Gasteiger partial charge in [-0.1, -0.05) is 24.3 Å².